The normalized spacial score (nSPS) is 15.0. The number of H-pyrrole nitrogens is 1. The lowest BCUT2D eigenvalue weighted by atomic mass is 10.1. The van der Waals surface area contributed by atoms with Gasteiger partial charge >= 0.3 is 0 Å². The topological polar surface area (TPSA) is 67.0 Å². The third kappa shape index (κ3) is 2.37. The van der Waals surface area contributed by atoms with Gasteiger partial charge in [-0.1, -0.05) is 6.07 Å². The van der Waals surface area contributed by atoms with Crippen LogP contribution in [-0.2, 0) is 18.0 Å². The average molecular weight is 257 g/mol. The SMILES string of the molecule is CC(NC(=O)c1ccc2c(c1)COC2)c1cn[nH]c1. The number of nitrogens with one attached hydrogen (secondary N) is 2. The number of nitrogens with zero attached hydrogens (tertiary/aromatic N) is 1. The molecule has 98 valence electrons. The van der Waals surface area contributed by atoms with Crippen molar-refractivity contribution in [2.45, 2.75) is 26.2 Å². The summed E-state index contributed by atoms with van der Waals surface area (Å²) in [5.41, 5.74) is 3.89. The van der Waals surface area contributed by atoms with Crippen LogP contribution in [0, 0.1) is 0 Å². The first-order chi connectivity index (χ1) is 9.24. The number of aromatic amines is 1. The lowest BCUT2D eigenvalue weighted by Crippen LogP contribution is -2.26. The molecule has 1 amide bonds. The molecule has 0 radical (unpaired) electrons. The molecule has 2 N–H and O–H groups in total. The van der Waals surface area contributed by atoms with Crippen LogP contribution in [0.1, 0.15) is 40.0 Å². The van der Waals surface area contributed by atoms with E-state index >= 15 is 0 Å². The lowest BCUT2D eigenvalue weighted by molar-refractivity contribution is 0.0939. The monoisotopic (exact) mass is 257 g/mol. The van der Waals surface area contributed by atoms with Gasteiger partial charge in [-0.25, -0.2) is 0 Å². The smallest absolute Gasteiger partial charge is 0.251 e. The molecule has 1 aromatic heterocycles. The van der Waals surface area contributed by atoms with Crippen LogP contribution < -0.4 is 5.32 Å². The Bertz CT molecular complexity index is 593. The number of carbonyl (C=O) groups excluding carboxylic acids is 1. The van der Waals surface area contributed by atoms with Crippen molar-refractivity contribution in [2.24, 2.45) is 0 Å². The summed E-state index contributed by atoms with van der Waals surface area (Å²) in [6.45, 7) is 3.16. The van der Waals surface area contributed by atoms with Crippen molar-refractivity contribution in [1.29, 1.82) is 0 Å². The fraction of sp³-hybridized carbons (Fsp3) is 0.286. The van der Waals surface area contributed by atoms with E-state index in [2.05, 4.69) is 15.5 Å². The molecular weight excluding hydrogens is 242 g/mol. The molecule has 1 aliphatic rings. The summed E-state index contributed by atoms with van der Waals surface area (Å²) in [7, 11) is 0. The molecule has 0 spiro atoms. The van der Waals surface area contributed by atoms with Crippen molar-refractivity contribution in [3.8, 4) is 0 Å². The number of amides is 1. The fourth-order valence-corrected chi connectivity index (χ4v) is 2.17. The van der Waals surface area contributed by atoms with E-state index in [1.807, 2.05) is 25.1 Å². The van der Waals surface area contributed by atoms with Gasteiger partial charge in [0.05, 0.1) is 25.5 Å². The first-order valence-electron chi connectivity index (χ1n) is 6.23. The van der Waals surface area contributed by atoms with Crippen LogP contribution in [0.2, 0.25) is 0 Å². The van der Waals surface area contributed by atoms with Crippen molar-refractivity contribution in [2.75, 3.05) is 0 Å². The molecule has 0 saturated carbocycles. The second kappa shape index (κ2) is 4.85. The van der Waals surface area contributed by atoms with Gasteiger partial charge in [0, 0.05) is 17.3 Å². The molecule has 3 rings (SSSR count). The molecule has 0 bridgehead atoms. The number of hydrogen-bond donors (Lipinski definition) is 2. The van der Waals surface area contributed by atoms with Crippen LogP contribution in [0.3, 0.4) is 0 Å². The highest BCUT2D eigenvalue weighted by Gasteiger charge is 2.16. The zero-order chi connectivity index (χ0) is 13.2. The largest absolute Gasteiger partial charge is 0.372 e. The molecule has 2 aromatic rings. The first-order valence-corrected chi connectivity index (χ1v) is 6.23. The van der Waals surface area contributed by atoms with Crippen LogP contribution in [0.25, 0.3) is 0 Å². The Labute approximate surface area is 111 Å². The lowest BCUT2D eigenvalue weighted by Gasteiger charge is -2.12. The van der Waals surface area contributed by atoms with Crippen LogP contribution in [0.15, 0.2) is 30.6 Å². The Kier molecular flexibility index (Phi) is 3.05. The van der Waals surface area contributed by atoms with Crippen LogP contribution in [0.4, 0.5) is 0 Å². The van der Waals surface area contributed by atoms with Crippen molar-refractivity contribution in [1.82, 2.24) is 15.5 Å². The minimum atomic E-state index is -0.0802. The molecular formula is C14H15N3O2. The maximum absolute atomic E-state index is 12.2. The van der Waals surface area contributed by atoms with E-state index in [9.17, 15) is 4.79 Å². The van der Waals surface area contributed by atoms with Gasteiger partial charge < -0.3 is 10.1 Å². The summed E-state index contributed by atoms with van der Waals surface area (Å²) in [5.74, 6) is -0.0802. The maximum Gasteiger partial charge on any atom is 0.251 e. The third-order valence-electron chi connectivity index (χ3n) is 3.35. The van der Waals surface area contributed by atoms with Crippen molar-refractivity contribution >= 4 is 5.91 Å². The minimum Gasteiger partial charge on any atom is -0.372 e. The highest BCUT2D eigenvalue weighted by molar-refractivity contribution is 5.94. The number of aromatic nitrogens is 2. The second-order valence-electron chi connectivity index (χ2n) is 4.70. The molecule has 1 aromatic carbocycles. The Morgan fingerprint density at radius 2 is 2.26 bits per heavy atom. The van der Waals surface area contributed by atoms with Crippen molar-refractivity contribution in [3.63, 3.8) is 0 Å². The summed E-state index contributed by atoms with van der Waals surface area (Å²) >= 11 is 0. The molecule has 0 fully saturated rings. The quantitative estimate of drug-likeness (QED) is 0.883. The van der Waals surface area contributed by atoms with E-state index in [0.717, 1.165) is 11.1 Å². The fourth-order valence-electron chi connectivity index (χ4n) is 2.17. The van der Waals surface area contributed by atoms with Gasteiger partial charge in [0.25, 0.3) is 5.91 Å². The second-order valence-corrected chi connectivity index (χ2v) is 4.70. The molecule has 5 nitrogen and oxygen atoms in total. The Hall–Kier alpha value is -2.14. The van der Waals surface area contributed by atoms with Gasteiger partial charge in [0.1, 0.15) is 0 Å². The minimum absolute atomic E-state index is 0.0734. The van der Waals surface area contributed by atoms with E-state index < -0.39 is 0 Å². The molecule has 5 heteroatoms. The van der Waals surface area contributed by atoms with E-state index in [1.54, 1.807) is 12.4 Å². The summed E-state index contributed by atoms with van der Waals surface area (Å²) in [6.07, 6.45) is 3.49. The predicted molar refractivity (Wildman–Crippen MR) is 69.4 cm³/mol. The number of carbonyl (C=O) groups is 1. The molecule has 19 heavy (non-hydrogen) atoms. The molecule has 0 saturated heterocycles. The van der Waals surface area contributed by atoms with Gasteiger partial charge in [-0.3, -0.25) is 9.89 Å². The summed E-state index contributed by atoms with van der Waals surface area (Å²) < 4.78 is 5.35. The number of fused-ring (bicyclic) bond motifs is 1. The average Bonchev–Trinajstić information content (AvgIpc) is 3.09. The van der Waals surface area contributed by atoms with Gasteiger partial charge in [-0.2, -0.15) is 5.10 Å². The van der Waals surface area contributed by atoms with Crippen molar-refractivity contribution in [3.05, 3.63) is 52.8 Å². The van der Waals surface area contributed by atoms with E-state index in [1.165, 1.54) is 5.56 Å². The van der Waals surface area contributed by atoms with Crippen LogP contribution >= 0.6 is 0 Å². The molecule has 1 unspecified atom stereocenters. The van der Waals surface area contributed by atoms with Gasteiger partial charge in [0.2, 0.25) is 0 Å². The highest BCUT2D eigenvalue weighted by Crippen LogP contribution is 2.21. The van der Waals surface area contributed by atoms with Gasteiger partial charge in [-0.15, -0.1) is 0 Å². The molecule has 1 atom stereocenters. The Morgan fingerprint density at radius 3 is 3.05 bits per heavy atom. The molecule has 0 aliphatic carbocycles. The molecule has 2 heterocycles. The number of benzene rings is 1. The van der Waals surface area contributed by atoms with E-state index in [-0.39, 0.29) is 11.9 Å². The predicted octanol–water partition coefficient (Wildman–Crippen LogP) is 1.93. The van der Waals surface area contributed by atoms with Gasteiger partial charge in [-0.05, 0) is 30.2 Å². The number of rotatable bonds is 3. The third-order valence-corrected chi connectivity index (χ3v) is 3.35. The standard InChI is InChI=1S/C14H15N3O2/c1-9(13-5-15-16-6-13)17-14(18)10-2-3-11-7-19-8-12(11)4-10/h2-6,9H,7-8H2,1H3,(H,15,16)(H,17,18). The zero-order valence-corrected chi connectivity index (χ0v) is 10.6. The van der Waals surface area contributed by atoms with E-state index in [0.29, 0.717) is 18.8 Å². The zero-order valence-electron chi connectivity index (χ0n) is 10.6. The summed E-state index contributed by atoms with van der Waals surface area (Å²) in [4.78, 5) is 12.2. The first kappa shape index (κ1) is 11.9. The van der Waals surface area contributed by atoms with Crippen LogP contribution in [0.5, 0.6) is 0 Å². The maximum atomic E-state index is 12.2. The van der Waals surface area contributed by atoms with E-state index in [4.69, 9.17) is 4.74 Å². The Balaban J connectivity index is 1.74. The van der Waals surface area contributed by atoms with Crippen molar-refractivity contribution < 1.29 is 9.53 Å². The summed E-state index contributed by atoms with van der Waals surface area (Å²) in [6, 6.07) is 5.63. The van der Waals surface area contributed by atoms with Gasteiger partial charge in [0.15, 0.2) is 0 Å². The van der Waals surface area contributed by atoms with Crippen LogP contribution in [-0.4, -0.2) is 16.1 Å². The summed E-state index contributed by atoms with van der Waals surface area (Å²) in [5, 5.41) is 9.57. The number of ether oxygens (including phenoxy) is 1. The Morgan fingerprint density at radius 1 is 1.42 bits per heavy atom. The number of hydrogen-bond acceptors (Lipinski definition) is 3. The highest BCUT2D eigenvalue weighted by atomic mass is 16.5. The molecule has 1 aliphatic heterocycles.